The van der Waals surface area contributed by atoms with Gasteiger partial charge in [0, 0.05) is 16.6 Å². The van der Waals surface area contributed by atoms with E-state index in [-0.39, 0.29) is 0 Å². The predicted octanol–water partition coefficient (Wildman–Crippen LogP) is 6.47. The molecule has 0 radical (unpaired) electrons. The molecule has 0 spiro atoms. The second-order valence-electron chi connectivity index (χ2n) is 6.17. The zero-order chi connectivity index (χ0) is 18.0. The summed E-state index contributed by atoms with van der Waals surface area (Å²) in [5.74, 6) is 0. The van der Waals surface area contributed by atoms with Crippen molar-refractivity contribution in [2.75, 3.05) is 5.32 Å². The van der Waals surface area contributed by atoms with E-state index < -0.39 is 0 Å². The highest BCUT2D eigenvalue weighted by atomic mass is 35.5. The van der Waals surface area contributed by atoms with Crippen LogP contribution in [-0.4, -0.2) is 15.7 Å². The van der Waals surface area contributed by atoms with Gasteiger partial charge in [-0.25, -0.2) is 4.52 Å². The lowest BCUT2D eigenvalue weighted by Crippen LogP contribution is -2.17. The van der Waals surface area contributed by atoms with Gasteiger partial charge in [0.1, 0.15) is 0 Å². The minimum absolute atomic E-state index is 0.445. The van der Waals surface area contributed by atoms with Crippen LogP contribution in [-0.2, 0) is 6.42 Å². The van der Waals surface area contributed by atoms with Crippen molar-refractivity contribution in [3.05, 3.63) is 52.1 Å². The van der Waals surface area contributed by atoms with E-state index in [4.69, 9.17) is 28.3 Å². The summed E-state index contributed by atoms with van der Waals surface area (Å²) < 4.78 is 1.98. The number of fused-ring (bicyclic) bond motifs is 1. The lowest BCUT2D eigenvalue weighted by atomic mass is 10.1. The number of hydrogen-bond donors (Lipinski definition) is 1. The van der Waals surface area contributed by atoms with Crippen LogP contribution in [0.2, 0.25) is 10.0 Å². The van der Waals surface area contributed by atoms with Crippen molar-refractivity contribution in [1.82, 2.24) is 9.61 Å². The van der Waals surface area contributed by atoms with Crippen LogP contribution in [0.4, 0.5) is 5.69 Å². The number of anilines is 1. The van der Waals surface area contributed by atoms with E-state index >= 15 is 0 Å². The molecule has 0 unspecified atom stereocenters. The molecule has 25 heavy (non-hydrogen) atoms. The molecule has 0 amide bonds. The fraction of sp³-hybridized carbons (Fsp3) is 0.350. The van der Waals surface area contributed by atoms with Gasteiger partial charge in [-0.3, -0.25) is 0 Å². The van der Waals surface area contributed by atoms with Gasteiger partial charge in [-0.2, -0.15) is 5.10 Å². The van der Waals surface area contributed by atoms with Gasteiger partial charge in [0.15, 0.2) is 0 Å². The Labute approximate surface area is 159 Å². The molecule has 0 fully saturated rings. The number of hydrogen-bond acceptors (Lipinski definition) is 2. The maximum atomic E-state index is 6.43. The first-order valence-electron chi connectivity index (χ1n) is 8.81. The van der Waals surface area contributed by atoms with Gasteiger partial charge in [0.25, 0.3) is 0 Å². The van der Waals surface area contributed by atoms with Crippen LogP contribution in [0.15, 0.2) is 36.4 Å². The summed E-state index contributed by atoms with van der Waals surface area (Å²) in [6.07, 6.45) is 3.04. The summed E-state index contributed by atoms with van der Waals surface area (Å²) in [6, 6.07) is 12.2. The van der Waals surface area contributed by atoms with Crippen LogP contribution in [0.25, 0.3) is 16.8 Å². The molecule has 0 aliphatic carbocycles. The van der Waals surface area contributed by atoms with E-state index in [0.29, 0.717) is 16.1 Å². The number of nitrogens with one attached hydrogen (secondary N) is 1. The first-order valence-corrected chi connectivity index (χ1v) is 9.57. The smallest absolute Gasteiger partial charge is 0.0903 e. The van der Waals surface area contributed by atoms with Crippen molar-refractivity contribution in [1.29, 1.82) is 0 Å². The van der Waals surface area contributed by atoms with Crippen LogP contribution in [0.5, 0.6) is 0 Å². The van der Waals surface area contributed by atoms with E-state index in [1.807, 2.05) is 22.7 Å². The van der Waals surface area contributed by atoms with E-state index in [1.54, 1.807) is 6.07 Å². The van der Waals surface area contributed by atoms with Crippen LogP contribution < -0.4 is 5.32 Å². The van der Waals surface area contributed by atoms with Crippen LogP contribution in [0, 0.1) is 0 Å². The first kappa shape index (κ1) is 18.1. The molecule has 1 aromatic carbocycles. The van der Waals surface area contributed by atoms with E-state index in [0.717, 1.165) is 47.4 Å². The predicted molar refractivity (Wildman–Crippen MR) is 108 cm³/mol. The number of benzene rings is 1. The molecule has 0 saturated carbocycles. The van der Waals surface area contributed by atoms with E-state index in [9.17, 15) is 0 Å². The highest BCUT2D eigenvalue weighted by Gasteiger charge is 2.17. The number of aromatic nitrogens is 2. The minimum atomic E-state index is 0.445. The molecule has 0 bridgehead atoms. The van der Waals surface area contributed by atoms with Crippen LogP contribution >= 0.6 is 23.2 Å². The zero-order valence-electron chi connectivity index (χ0n) is 14.8. The summed E-state index contributed by atoms with van der Waals surface area (Å²) in [5, 5.41) is 9.80. The van der Waals surface area contributed by atoms with E-state index in [1.165, 1.54) is 0 Å². The fourth-order valence-corrected chi connectivity index (χ4v) is 3.62. The normalized spacial score (nSPS) is 11.4. The molecule has 0 atom stereocenters. The van der Waals surface area contributed by atoms with Crippen molar-refractivity contribution in [3.63, 3.8) is 0 Å². The topological polar surface area (TPSA) is 29.3 Å². The molecule has 3 aromatic rings. The molecule has 2 heterocycles. The summed E-state index contributed by atoms with van der Waals surface area (Å²) in [5.41, 5.74) is 5.17. The summed E-state index contributed by atoms with van der Waals surface area (Å²) >= 11 is 12.5. The Morgan fingerprint density at radius 1 is 1.08 bits per heavy atom. The zero-order valence-corrected chi connectivity index (χ0v) is 16.3. The van der Waals surface area contributed by atoms with Crippen molar-refractivity contribution in [2.24, 2.45) is 0 Å². The van der Waals surface area contributed by atoms with Crippen molar-refractivity contribution >= 4 is 34.4 Å². The molecule has 5 heteroatoms. The fourth-order valence-electron chi connectivity index (χ4n) is 3.12. The summed E-state index contributed by atoms with van der Waals surface area (Å²) in [6.45, 7) is 6.55. The highest BCUT2D eigenvalue weighted by Crippen LogP contribution is 2.33. The maximum Gasteiger partial charge on any atom is 0.0903 e. The molecule has 0 aliphatic rings. The molecule has 2 aromatic heterocycles. The molecular weight excluding hydrogens is 353 g/mol. The monoisotopic (exact) mass is 375 g/mol. The number of rotatable bonds is 6. The standard InChI is InChI=1S/C20H23Cl2N3/c1-4-14(5-2)23-20-17(6-3)24-25-18(8-7-9-19(20)25)15-11-10-13(21)12-16(15)22/h7-12,14,23H,4-6H2,1-3H3. The Balaban J connectivity index is 2.18. The quantitative estimate of drug-likeness (QED) is 0.534. The molecule has 1 N–H and O–H groups in total. The third-order valence-electron chi connectivity index (χ3n) is 4.61. The number of nitrogens with zero attached hydrogens (tertiary/aromatic N) is 2. The second-order valence-corrected chi connectivity index (χ2v) is 7.01. The van der Waals surface area contributed by atoms with Gasteiger partial charge in [0.2, 0.25) is 0 Å². The Morgan fingerprint density at radius 2 is 1.84 bits per heavy atom. The molecular formula is C20H23Cl2N3. The van der Waals surface area contributed by atoms with Gasteiger partial charge >= 0.3 is 0 Å². The molecule has 0 aliphatic heterocycles. The SMILES string of the molecule is CCc1nn2c(-c3ccc(Cl)cc3Cl)cccc2c1NC(CC)CC. The molecule has 132 valence electrons. The summed E-state index contributed by atoms with van der Waals surface area (Å²) in [7, 11) is 0. The Bertz CT molecular complexity index is 882. The van der Waals surface area contributed by atoms with E-state index in [2.05, 4.69) is 38.2 Å². The lowest BCUT2D eigenvalue weighted by molar-refractivity contribution is 0.671. The maximum absolute atomic E-state index is 6.43. The van der Waals surface area contributed by atoms with Crippen LogP contribution in [0.1, 0.15) is 39.3 Å². The largest absolute Gasteiger partial charge is 0.379 e. The second kappa shape index (κ2) is 7.67. The van der Waals surface area contributed by atoms with Gasteiger partial charge in [-0.15, -0.1) is 0 Å². The van der Waals surface area contributed by atoms with Crippen molar-refractivity contribution < 1.29 is 0 Å². The molecule has 3 nitrogen and oxygen atoms in total. The lowest BCUT2D eigenvalue weighted by Gasteiger charge is -2.16. The van der Waals surface area contributed by atoms with Gasteiger partial charge < -0.3 is 5.32 Å². The van der Waals surface area contributed by atoms with Gasteiger partial charge in [0.05, 0.1) is 27.6 Å². The van der Waals surface area contributed by atoms with Crippen molar-refractivity contribution in [2.45, 2.75) is 46.1 Å². The third-order valence-corrected chi connectivity index (χ3v) is 5.15. The first-order chi connectivity index (χ1) is 12.1. The third kappa shape index (κ3) is 3.49. The molecule has 3 rings (SSSR count). The molecule has 0 saturated heterocycles. The summed E-state index contributed by atoms with van der Waals surface area (Å²) in [4.78, 5) is 0. The Morgan fingerprint density at radius 3 is 2.48 bits per heavy atom. The average Bonchev–Trinajstić information content (AvgIpc) is 2.97. The van der Waals surface area contributed by atoms with Gasteiger partial charge in [-0.05, 0) is 49.6 Å². The van der Waals surface area contributed by atoms with Crippen molar-refractivity contribution in [3.8, 4) is 11.3 Å². The minimum Gasteiger partial charge on any atom is -0.379 e. The Kier molecular flexibility index (Phi) is 5.55. The number of halogens is 2. The number of pyridine rings is 1. The average molecular weight is 376 g/mol. The van der Waals surface area contributed by atoms with Gasteiger partial charge in [-0.1, -0.05) is 50.0 Å². The number of aryl methyl sites for hydroxylation is 1. The Hall–Kier alpha value is -1.71. The van der Waals surface area contributed by atoms with Crippen LogP contribution in [0.3, 0.4) is 0 Å². The highest BCUT2D eigenvalue weighted by molar-refractivity contribution is 6.36.